The maximum Gasteiger partial charge on any atom is 0.275 e. The van der Waals surface area contributed by atoms with E-state index >= 15 is 0 Å². The number of nitrogens with zero attached hydrogens (tertiary/aromatic N) is 4. The molecule has 2 aromatic rings. The van der Waals surface area contributed by atoms with E-state index in [0.29, 0.717) is 24.7 Å². The second-order valence-electron chi connectivity index (χ2n) is 7.60. The Balaban J connectivity index is 1.65. The van der Waals surface area contributed by atoms with E-state index in [4.69, 9.17) is 9.15 Å². The molecule has 0 radical (unpaired) electrons. The first kappa shape index (κ1) is 21.5. The number of benzene rings is 1. The van der Waals surface area contributed by atoms with E-state index in [9.17, 15) is 4.79 Å². The van der Waals surface area contributed by atoms with E-state index in [0.717, 1.165) is 45.9 Å². The van der Waals surface area contributed by atoms with Crippen LogP contribution in [0.5, 0.6) is 0 Å². The van der Waals surface area contributed by atoms with Crippen molar-refractivity contribution in [3.63, 3.8) is 0 Å². The van der Waals surface area contributed by atoms with E-state index in [-0.39, 0.29) is 5.91 Å². The molecule has 158 valence electrons. The summed E-state index contributed by atoms with van der Waals surface area (Å²) < 4.78 is 11.1. The van der Waals surface area contributed by atoms with E-state index in [1.807, 2.05) is 6.92 Å². The summed E-state index contributed by atoms with van der Waals surface area (Å²) in [6.07, 6.45) is 1.47. The summed E-state index contributed by atoms with van der Waals surface area (Å²) in [5.41, 5.74) is 2.88. The predicted molar refractivity (Wildman–Crippen MR) is 112 cm³/mol. The van der Waals surface area contributed by atoms with Crippen LogP contribution < -0.4 is 0 Å². The molecule has 0 bridgehead atoms. The van der Waals surface area contributed by atoms with Gasteiger partial charge < -0.3 is 14.1 Å². The van der Waals surface area contributed by atoms with Crippen molar-refractivity contribution in [2.45, 2.75) is 26.9 Å². The number of morpholine rings is 1. The number of aryl methyl sites for hydroxylation is 1. The number of oxazole rings is 1. The molecule has 0 N–H and O–H groups in total. The zero-order valence-corrected chi connectivity index (χ0v) is 17.8. The van der Waals surface area contributed by atoms with Gasteiger partial charge in [-0.1, -0.05) is 29.8 Å². The average Bonchev–Trinajstić information content (AvgIpc) is 3.21. The van der Waals surface area contributed by atoms with Gasteiger partial charge in [0.2, 0.25) is 5.89 Å². The fourth-order valence-corrected chi connectivity index (χ4v) is 3.29. The molecule has 0 atom stereocenters. The minimum atomic E-state index is -0.110. The van der Waals surface area contributed by atoms with Gasteiger partial charge >= 0.3 is 0 Å². The Hall–Kier alpha value is -2.22. The first-order valence-corrected chi connectivity index (χ1v) is 10.3. The van der Waals surface area contributed by atoms with Crippen LogP contribution >= 0.6 is 0 Å². The maximum atomic E-state index is 12.3. The first-order chi connectivity index (χ1) is 14.0. The highest BCUT2D eigenvalue weighted by Gasteiger charge is 2.18. The molecule has 2 heterocycles. The van der Waals surface area contributed by atoms with Crippen LogP contribution in [0.2, 0.25) is 0 Å². The van der Waals surface area contributed by atoms with Gasteiger partial charge in [0.25, 0.3) is 5.91 Å². The zero-order valence-electron chi connectivity index (χ0n) is 17.8. The van der Waals surface area contributed by atoms with Gasteiger partial charge in [0.15, 0.2) is 5.69 Å². The standard InChI is InChI=1S/C22H32N4O3/c1-4-24(3)22(27)20-17-29-21(23-20)16-26(10-9-25-11-13-28-14-12-25)15-19-7-5-18(2)6-8-19/h5-8,17H,4,9-16H2,1-3H3. The van der Waals surface area contributed by atoms with Gasteiger partial charge in [-0.25, -0.2) is 4.98 Å². The molecule has 3 rings (SSSR count). The second kappa shape index (κ2) is 10.5. The lowest BCUT2D eigenvalue weighted by Crippen LogP contribution is -2.41. The molecule has 1 aromatic heterocycles. The number of amides is 1. The molecule has 0 aliphatic carbocycles. The van der Waals surface area contributed by atoms with Gasteiger partial charge in [-0.05, 0) is 19.4 Å². The van der Waals surface area contributed by atoms with E-state index in [1.165, 1.54) is 17.4 Å². The van der Waals surface area contributed by atoms with Gasteiger partial charge in [-0.3, -0.25) is 14.6 Å². The molecule has 1 aromatic carbocycles. The fraction of sp³-hybridized carbons (Fsp3) is 0.545. The lowest BCUT2D eigenvalue weighted by molar-refractivity contribution is 0.0320. The van der Waals surface area contributed by atoms with Crippen molar-refractivity contribution >= 4 is 5.91 Å². The maximum absolute atomic E-state index is 12.3. The van der Waals surface area contributed by atoms with E-state index in [2.05, 4.69) is 46.0 Å². The Labute approximate surface area is 173 Å². The highest BCUT2D eigenvalue weighted by Crippen LogP contribution is 2.13. The summed E-state index contributed by atoms with van der Waals surface area (Å²) in [6, 6.07) is 8.60. The lowest BCUT2D eigenvalue weighted by Gasteiger charge is -2.29. The monoisotopic (exact) mass is 400 g/mol. The number of aromatic nitrogens is 1. The molecular formula is C22H32N4O3. The molecule has 1 saturated heterocycles. The largest absolute Gasteiger partial charge is 0.447 e. The smallest absolute Gasteiger partial charge is 0.275 e. The molecule has 1 aliphatic rings. The third-order valence-electron chi connectivity index (χ3n) is 5.31. The summed E-state index contributed by atoms with van der Waals surface area (Å²) in [6.45, 7) is 11.5. The summed E-state index contributed by atoms with van der Waals surface area (Å²) >= 11 is 0. The number of rotatable bonds is 9. The molecule has 0 unspecified atom stereocenters. The third kappa shape index (κ3) is 6.39. The van der Waals surface area contributed by atoms with Gasteiger partial charge in [0.05, 0.1) is 19.8 Å². The molecule has 1 fully saturated rings. The van der Waals surface area contributed by atoms with Crippen LogP contribution in [0.3, 0.4) is 0 Å². The SMILES string of the molecule is CCN(C)C(=O)c1coc(CN(CCN2CCOCC2)Cc2ccc(C)cc2)n1. The lowest BCUT2D eigenvalue weighted by atomic mass is 10.1. The van der Waals surface area contributed by atoms with Crippen molar-refractivity contribution in [1.82, 2.24) is 19.7 Å². The summed E-state index contributed by atoms with van der Waals surface area (Å²) in [4.78, 5) is 23.1. The van der Waals surface area contributed by atoms with Crippen LogP contribution in [0.4, 0.5) is 0 Å². The molecule has 0 saturated carbocycles. The number of ether oxygens (including phenoxy) is 1. The van der Waals surface area contributed by atoms with Crippen LogP contribution in [0.1, 0.15) is 34.4 Å². The van der Waals surface area contributed by atoms with Crippen LogP contribution in [0.25, 0.3) is 0 Å². The summed E-state index contributed by atoms with van der Waals surface area (Å²) in [5, 5.41) is 0. The topological polar surface area (TPSA) is 62.1 Å². The fourth-order valence-electron chi connectivity index (χ4n) is 3.29. The molecule has 1 aliphatic heterocycles. The molecule has 0 spiro atoms. The zero-order chi connectivity index (χ0) is 20.6. The number of hydrogen-bond donors (Lipinski definition) is 0. The van der Waals surface area contributed by atoms with Crippen LogP contribution in [-0.4, -0.2) is 78.6 Å². The van der Waals surface area contributed by atoms with Crippen molar-refractivity contribution in [3.05, 3.63) is 53.2 Å². The van der Waals surface area contributed by atoms with E-state index < -0.39 is 0 Å². The van der Waals surface area contributed by atoms with Crippen LogP contribution in [0, 0.1) is 6.92 Å². The number of hydrogen-bond acceptors (Lipinski definition) is 6. The first-order valence-electron chi connectivity index (χ1n) is 10.3. The molecule has 7 nitrogen and oxygen atoms in total. The molecule has 7 heteroatoms. The van der Waals surface area contributed by atoms with Crippen molar-refractivity contribution in [3.8, 4) is 0 Å². The molecular weight excluding hydrogens is 368 g/mol. The van der Waals surface area contributed by atoms with Crippen LogP contribution in [-0.2, 0) is 17.8 Å². The normalized spacial score (nSPS) is 15.0. The van der Waals surface area contributed by atoms with E-state index in [1.54, 1.807) is 11.9 Å². The quantitative estimate of drug-likeness (QED) is 0.644. The number of carbonyl (C=O) groups is 1. The van der Waals surface area contributed by atoms with Crippen molar-refractivity contribution in [1.29, 1.82) is 0 Å². The molecule has 29 heavy (non-hydrogen) atoms. The Bertz CT molecular complexity index is 769. The predicted octanol–water partition coefficient (Wildman–Crippen LogP) is 2.41. The van der Waals surface area contributed by atoms with Gasteiger partial charge in [0, 0.05) is 46.3 Å². The Morgan fingerprint density at radius 3 is 2.59 bits per heavy atom. The minimum absolute atomic E-state index is 0.110. The summed E-state index contributed by atoms with van der Waals surface area (Å²) in [5.74, 6) is 0.466. The Morgan fingerprint density at radius 2 is 1.90 bits per heavy atom. The highest BCUT2D eigenvalue weighted by molar-refractivity contribution is 5.91. The average molecular weight is 401 g/mol. The van der Waals surface area contributed by atoms with Crippen molar-refractivity contribution in [2.75, 3.05) is 53.0 Å². The summed E-state index contributed by atoms with van der Waals surface area (Å²) in [7, 11) is 1.77. The Morgan fingerprint density at radius 1 is 1.17 bits per heavy atom. The third-order valence-corrected chi connectivity index (χ3v) is 5.31. The van der Waals surface area contributed by atoms with Crippen LogP contribution in [0.15, 0.2) is 34.9 Å². The van der Waals surface area contributed by atoms with Crippen molar-refractivity contribution in [2.24, 2.45) is 0 Å². The van der Waals surface area contributed by atoms with Gasteiger partial charge in [-0.2, -0.15) is 0 Å². The van der Waals surface area contributed by atoms with Crippen molar-refractivity contribution < 1.29 is 13.9 Å². The second-order valence-corrected chi connectivity index (χ2v) is 7.60. The number of carbonyl (C=O) groups excluding carboxylic acids is 1. The van der Waals surface area contributed by atoms with Gasteiger partial charge in [-0.15, -0.1) is 0 Å². The highest BCUT2D eigenvalue weighted by atomic mass is 16.5. The minimum Gasteiger partial charge on any atom is -0.447 e. The Kier molecular flexibility index (Phi) is 7.80. The van der Waals surface area contributed by atoms with Gasteiger partial charge in [0.1, 0.15) is 6.26 Å². The molecule has 1 amide bonds.